The Balaban J connectivity index is 1.91. The number of aromatic amines is 1. The van der Waals surface area contributed by atoms with Gasteiger partial charge in [-0.1, -0.05) is 13.8 Å². The van der Waals surface area contributed by atoms with Crippen LogP contribution in [-0.4, -0.2) is 24.6 Å². The van der Waals surface area contributed by atoms with Gasteiger partial charge in [-0.3, -0.25) is 4.40 Å². The molecule has 0 aliphatic heterocycles. The van der Waals surface area contributed by atoms with E-state index in [1.54, 1.807) is 6.92 Å². The summed E-state index contributed by atoms with van der Waals surface area (Å²) in [4.78, 5) is 7.60. The number of halogens is 2. The molecule has 0 saturated heterocycles. The number of nitrogens with one attached hydrogen (secondary N) is 1. The Morgan fingerprint density at radius 2 is 1.88 bits per heavy atom. The molecule has 1 N–H and O–H groups in total. The molecule has 3 heterocycles. The Bertz CT molecular complexity index is 1110. The first-order chi connectivity index (χ1) is 12.4. The molecule has 0 aliphatic rings. The lowest BCUT2D eigenvalue weighted by atomic mass is 10.1. The molecule has 0 bridgehead atoms. The van der Waals surface area contributed by atoms with E-state index in [9.17, 15) is 8.78 Å². The highest BCUT2D eigenvalue weighted by molar-refractivity contribution is 5.79. The van der Waals surface area contributed by atoms with E-state index in [4.69, 9.17) is 0 Å². The van der Waals surface area contributed by atoms with Crippen molar-refractivity contribution >= 4 is 5.65 Å². The summed E-state index contributed by atoms with van der Waals surface area (Å²) in [6.07, 6.45) is 1.89. The zero-order chi connectivity index (χ0) is 18.4. The first-order valence-electron chi connectivity index (χ1n) is 8.31. The summed E-state index contributed by atoms with van der Waals surface area (Å²) in [5.41, 5.74) is 2.91. The number of nitrogens with zero attached hydrogens (tertiary/aromatic N) is 4. The molecule has 0 saturated carbocycles. The standard InChI is InChI=1S/C19H17F2N5/c1-10(2)19-25-24-16-7-4-12(9-26(16)19)17-18(23-11(3)22-17)14-6-5-13(20)8-15(14)21/h4-10H,1-3H3,(H,22,23). The number of H-pyrrole nitrogens is 1. The van der Waals surface area contributed by atoms with Crippen molar-refractivity contribution in [3.05, 3.63) is 59.8 Å². The third-order valence-electron chi connectivity index (χ3n) is 4.24. The summed E-state index contributed by atoms with van der Waals surface area (Å²) >= 11 is 0. The van der Waals surface area contributed by atoms with E-state index < -0.39 is 11.6 Å². The highest BCUT2D eigenvalue weighted by Gasteiger charge is 2.18. The van der Waals surface area contributed by atoms with Crippen LogP contribution in [0, 0.1) is 18.6 Å². The summed E-state index contributed by atoms with van der Waals surface area (Å²) in [7, 11) is 0. The van der Waals surface area contributed by atoms with Crippen molar-refractivity contribution in [2.24, 2.45) is 0 Å². The lowest BCUT2D eigenvalue weighted by Gasteiger charge is -2.07. The molecule has 4 aromatic rings. The van der Waals surface area contributed by atoms with Crippen LogP contribution in [0.5, 0.6) is 0 Å². The summed E-state index contributed by atoms with van der Waals surface area (Å²) in [5, 5.41) is 8.39. The van der Waals surface area contributed by atoms with Crippen LogP contribution >= 0.6 is 0 Å². The number of imidazole rings is 1. The molecule has 26 heavy (non-hydrogen) atoms. The van der Waals surface area contributed by atoms with Crippen molar-refractivity contribution < 1.29 is 8.78 Å². The van der Waals surface area contributed by atoms with Gasteiger partial charge in [0, 0.05) is 29.3 Å². The number of aryl methyl sites for hydroxylation is 1. The third kappa shape index (κ3) is 2.65. The fourth-order valence-corrected chi connectivity index (χ4v) is 3.03. The van der Waals surface area contributed by atoms with Crippen molar-refractivity contribution in [3.63, 3.8) is 0 Å². The van der Waals surface area contributed by atoms with Gasteiger partial charge in [0.05, 0.1) is 11.4 Å². The van der Waals surface area contributed by atoms with Gasteiger partial charge in [0.2, 0.25) is 0 Å². The molecule has 0 amide bonds. The topological polar surface area (TPSA) is 58.9 Å². The summed E-state index contributed by atoms with van der Waals surface area (Å²) in [5.74, 6) is 0.435. The Morgan fingerprint density at radius 1 is 1.08 bits per heavy atom. The normalized spacial score (nSPS) is 11.6. The maximum Gasteiger partial charge on any atom is 0.160 e. The minimum Gasteiger partial charge on any atom is -0.342 e. The van der Waals surface area contributed by atoms with Crippen LogP contribution in [0.15, 0.2) is 36.5 Å². The maximum absolute atomic E-state index is 14.3. The molecule has 5 nitrogen and oxygen atoms in total. The number of benzene rings is 1. The number of aromatic nitrogens is 5. The molecular weight excluding hydrogens is 336 g/mol. The summed E-state index contributed by atoms with van der Waals surface area (Å²) < 4.78 is 29.5. The van der Waals surface area contributed by atoms with Gasteiger partial charge in [0.1, 0.15) is 23.3 Å². The largest absolute Gasteiger partial charge is 0.342 e. The first-order valence-corrected chi connectivity index (χ1v) is 8.31. The minimum absolute atomic E-state index is 0.204. The molecule has 4 rings (SSSR count). The second-order valence-corrected chi connectivity index (χ2v) is 6.53. The van der Waals surface area contributed by atoms with Crippen LogP contribution in [0.2, 0.25) is 0 Å². The van der Waals surface area contributed by atoms with E-state index in [0.29, 0.717) is 17.2 Å². The zero-order valence-electron chi connectivity index (χ0n) is 14.6. The van der Waals surface area contributed by atoms with Crippen molar-refractivity contribution in [2.45, 2.75) is 26.7 Å². The Kier molecular flexibility index (Phi) is 3.79. The monoisotopic (exact) mass is 353 g/mol. The SMILES string of the molecule is Cc1nc(-c2ccc3nnc(C(C)C)n3c2)c(-c2ccc(F)cc2F)[nH]1. The van der Waals surface area contributed by atoms with Crippen LogP contribution in [0.4, 0.5) is 8.78 Å². The van der Waals surface area contributed by atoms with Gasteiger partial charge in [-0.05, 0) is 31.2 Å². The Hall–Kier alpha value is -3.09. The predicted molar refractivity (Wildman–Crippen MR) is 94.7 cm³/mol. The van der Waals surface area contributed by atoms with Crippen LogP contribution in [0.25, 0.3) is 28.2 Å². The molecule has 0 radical (unpaired) electrons. The van der Waals surface area contributed by atoms with Gasteiger partial charge < -0.3 is 4.98 Å². The van der Waals surface area contributed by atoms with Crippen molar-refractivity contribution in [1.82, 2.24) is 24.6 Å². The lowest BCUT2D eigenvalue weighted by Crippen LogP contribution is -1.97. The predicted octanol–water partition coefficient (Wildman–Crippen LogP) is 4.50. The van der Waals surface area contributed by atoms with Gasteiger partial charge >= 0.3 is 0 Å². The Morgan fingerprint density at radius 3 is 2.62 bits per heavy atom. The van der Waals surface area contributed by atoms with E-state index in [1.165, 1.54) is 12.1 Å². The molecule has 0 aliphatic carbocycles. The van der Waals surface area contributed by atoms with E-state index in [-0.39, 0.29) is 11.5 Å². The van der Waals surface area contributed by atoms with Crippen molar-refractivity contribution in [1.29, 1.82) is 0 Å². The smallest absolute Gasteiger partial charge is 0.160 e. The van der Waals surface area contributed by atoms with Crippen LogP contribution in [0.3, 0.4) is 0 Å². The second-order valence-electron chi connectivity index (χ2n) is 6.53. The summed E-state index contributed by atoms with van der Waals surface area (Å²) in [6, 6.07) is 7.24. The van der Waals surface area contributed by atoms with E-state index in [1.807, 2.05) is 36.6 Å². The maximum atomic E-state index is 14.3. The average molecular weight is 353 g/mol. The highest BCUT2D eigenvalue weighted by Crippen LogP contribution is 2.32. The Labute approximate surface area is 148 Å². The van der Waals surface area contributed by atoms with Crippen molar-refractivity contribution in [3.8, 4) is 22.5 Å². The van der Waals surface area contributed by atoms with Crippen LogP contribution in [0.1, 0.15) is 31.4 Å². The fraction of sp³-hybridized carbons (Fsp3) is 0.211. The molecule has 0 spiro atoms. The minimum atomic E-state index is -0.636. The van der Waals surface area contributed by atoms with E-state index in [0.717, 1.165) is 23.1 Å². The van der Waals surface area contributed by atoms with Gasteiger partial charge in [-0.15, -0.1) is 10.2 Å². The molecule has 3 aromatic heterocycles. The number of hydrogen-bond acceptors (Lipinski definition) is 3. The molecule has 0 atom stereocenters. The molecule has 0 fully saturated rings. The second kappa shape index (κ2) is 6.01. The fourth-order valence-electron chi connectivity index (χ4n) is 3.03. The van der Waals surface area contributed by atoms with Gasteiger partial charge in [-0.2, -0.15) is 0 Å². The van der Waals surface area contributed by atoms with Crippen LogP contribution in [-0.2, 0) is 0 Å². The molecule has 1 aromatic carbocycles. The average Bonchev–Trinajstić information content (AvgIpc) is 3.17. The van der Waals surface area contributed by atoms with Crippen LogP contribution < -0.4 is 0 Å². The van der Waals surface area contributed by atoms with E-state index >= 15 is 0 Å². The number of hydrogen-bond donors (Lipinski definition) is 1. The van der Waals surface area contributed by atoms with Gasteiger partial charge in [0.15, 0.2) is 5.65 Å². The van der Waals surface area contributed by atoms with E-state index in [2.05, 4.69) is 20.2 Å². The highest BCUT2D eigenvalue weighted by atomic mass is 19.1. The molecular formula is C19H17F2N5. The molecule has 7 heteroatoms. The zero-order valence-corrected chi connectivity index (χ0v) is 14.6. The number of fused-ring (bicyclic) bond motifs is 1. The third-order valence-corrected chi connectivity index (χ3v) is 4.24. The van der Waals surface area contributed by atoms with Gasteiger partial charge in [0.25, 0.3) is 0 Å². The van der Waals surface area contributed by atoms with Gasteiger partial charge in [-0.25, -0.2) is 13.8 Å². The lowest BCUT2D eigenvalue weighted by molar-refractivity contribution is 0.585. The summed E-state index contributed by atoms with van der Waals surface area (Å²) in [6.45, 7) is 5.88. The first kappa shape index (κ1) is 16.4. The molecule has 0 unspecified atom stereocenters. The molecule has 132 valence electrons. The number of rotatable bonds is 3. The van der Waals surface area contributed by atoms with Crippen molar-refractivity contribution in [2.75, 3.05) is 0 Å². The number of pyridine rings is 1. The quantitative estimate of drug-likeness (QED) is 0.590.